The highest BCUT2D eigenvalue weighted by Crippen LogP contribution is 2.39. The van der Waals surface area contributed by atoms with Crippen LogP contribution < -0.4 is 19.5 Å². The number of nitrogens with zero attached hydrogens (tertiary/aromatic N) is 1. The van der Waals surface area contributed by atoms with Crippen molar-refractivity contribution in [3.05, 3.63) is 82.6 Å². The molecule has 1 unspecified atom stereocenters. The van der Waals surface area contributed by atoms with Gasteiger partial charge >= 0.3 is 0 Å². The summed E-state index contributed by atoms with van der Waals surface area (Å²) in [6.45, 7) is 0.981. The van der Waals surface area contributed by atoms with Gasteiger partial charge in [0.05, 0.1) is 31.0 Å². The van der Waals surface area contributed by atoms with Crippen LogP contribution in [0.3, 0.4) is 0 Å². The molecule has 33 heavy (non-hydrogen) atoms. The van der Waals surface area contributed by atoms with Crippen LogP contribution in [0, 0.1) is 5.82 Å². The molecular formula is C25H24ClFN2O3S. The van der Waals surface area contributed by atoms with Crippen LogP contribution in [0.15, 0.2) is 60.7 Å². The largest absolute Gasteiger partial charge is 0.493 e. The maximum absolute atomic E-state index is 13.3. The number of methoxy groups -OCH3 is 2. The number of anilines is 1. The minimum atomic E-state index is -0.311. The highest BCUT2D eigenvalue weighted by atomic mass is 35.5. The van der Waals surface area contributed by atoms with E-state index in [-0.39, 0.29) is 11.9 Å². The molecule has 0 bridgehead atoms. The Morgan fingerprint density at radius 2 is 1.79 bits per heavy atom. The molecule has 3 aromatic rings. The third-order valence-corrected chi connectivity index (χ3v) is 6.27. The first-order valence-corrected chi connectivity index (χ1v) is 11.2. The minimum absolute atomic E-state index is 0.207. The van der Waals surface area contributed by atoms with Gasteiger partial charge in [-0.3, -0.25) is 0 Å². The van der Waals surface area contributed by atoms with Gasteiger partial charge in [0.15, 0.2) is 16.6 Å². The van der Waals surface area contributed by atoms with E-state index in [9.17, 15) is 4.39 Å². The fourth-order valence-electron chi connectivity index (χ4n) is 3.91. The summed E-state index contributed by atoms with van der Waals surface area (Å²) in [6, 6.07) is 17.2. The number of hydrogen-bond donors (Lipinski definition) is 1. The zero-order valence-corrected chi connectivity index (χ0v) is 19.9. The van der Waals surface area contributed by atoms with Gasteiger partial charge in [-0.2, -0.15) is 0 Å². The van der Waals surface area contributed by atoms with Gasteiger partial charge in [-0.25, -0.2) is 4.39 Å². The lowest BCUT2D eigenvalue weighted by Crippen LogP contribution is -2.44. The van der Waals surface area contributed by atoms with E-state index < -0.39 is 0 Å². The lowest BCUT2D eigenvalue weighted by atomic mass is 9.92. The number of ether oxygens (including phenoxy) is 3. The number of thiocarbonyl (C=S) groups is 1. The fraction of sp³-hybridized carbons (Fsp3) is 0.240. The maximum Gasteiger partial charge on any atom is 0.174 e. The van der Waals surface area contributed by atoms with E-state index in [2.05, 4.69) is 10.2 Å². The van der Waals surface area contributed by atoms with Crippen LogP contribution in [0.1, 0.15) is 17.2 Å². The van der Waals surface area contributed by atoms with Gasteiger partial charge in [-0.1, -0.05) is 23.7 Å². The summed E-state index contributed by atoms with van der Waals surface area (Å²) in [4.78, 5) is 2.08. The number of nitrogens with one attached hydrogen (secondary N) is 1. The van der Waals surface area contributed by atoms with E-state index in [1.165, 1.54) is 12.1 Å². The number of hydrogen-bond acceptors (Lipinski definition) is 4. The Morgan fingerprint density at radius 1 is 1.09 bits per heavy atom. The monoisotopic (exact) mass is 486 g/mol. The van der Waals surface area contributed by atoms with E-state index in [4.69, 9.17) is 38.0 Å². The van der Waals surface area contributed by atoms with Gasteiger partial charge in [0.1, 0.15) is 18.2 Å². The summed E-state index contributed by atoms with van der Waals surface area (Å²) in [6.07, 6.45) is 0.771. The summed E-state index contributed by atoms with van der Waals surface area (Å²) in [5.74, 6) is 1.58. The molecule has 0 spiro atoms. The second kappa shape index (κ2) is 10.3. The van der Waals surface area contributed by atoms with Crippen LogP contribution >= 0.6 is 23.8 Å². The van der Waals surface area contributed by atoms with Gasteiger partial charge < -0.3 is 24.4 Å². The topological polar surface area (TPSA) is 43.0 Å². The Morgan fingerprint density at radius 3 is 2.48 bits per heavy atom. The van der Waals surface area contributed by atoms with Gasteiger partial charge in [0.2, 0.25) is 0 Å². The molecule has 0 radical (unpaired) electrons. The van der Waals surface area contributed by atoms with Crippen molar-refractivity contribution in [2.75, 3.05) is 32.7 Å². The van der Waals surface area contributed by atoms with Crippen LogP contribution in [0.4, 0.5) is 10.1 Å². The van der Waals surface area contributed by atoms with E-state index >= 15 is 0 Å². The van der Waals surface area contributed by atoms with E-state index in [0.29, 0.717) is 40.5 Å². The van der Waals surface area contributed by atoms with Crippen LogP contribution in [0.2, 0.25) is 5.02 Å². The number of para-hydroxylation sites is 1. The molecule has 8 heteroatoms. The Balaban J connectivity index is 1.65. The number of benzene rings is 3. The molecule has 1 aliphatic heterocycles. The number of halogens is 2. The lowest BCUT2D eigenvalue weighted by Gasteiger charge is -2.39. The van der Waals surface area contributed by atoms with Gasteiger partial charge in [0.25, 0.3) is 0 Å². The van der Waals surface area contributed by atoms with Crippen molar-refractivity contribution in [2.24, 2.45) is 0 Å². The molecule has 5 nitrogen and oxygen atoms in total. The smallest absolute Gasteiger partial charge is 0.174 e. The first-order valence-electron chi connectivity index (χ1n) is 10.5. The molecule has 1 heterocycles. The predicted octanol–water partition coefficient (Wildman–Crippen LogP) is 5.87. The standard InChI is InChI=1S/C25H24ClFN2O3S/c1-30-23-13-16-11-12-29(25(33)28-21-6-4-3-5-20(21)26)22(19(16)14-24(23)31-2)15-32-18-9-7-17(27)8-10-18/h3-10,13-14,22H,11-12,15H2,1-2H3,(H,28,33). The van der Waals surface area contributed by atoms with Crippen molar-refractivity contribution in [1.82, 2.24) is 4.90 Å². The predicted molar refractivity (Wildman–Crippen MR) is 132 cm³/mol. The molecular weight excluding hydrogens is 463 g/mol. The molecule has 0 aromatic heterocycles. The molecule has 1 atom stereocenters. The molecule has 4 rings (SSSR count). The quantitative estimate of drug-likeness (QED) is 0.439. The Hall–Kier alpha value is -3.03. The lowest BCUT2D eigenvalue weighted by molar-refractivity contribution is 0.190. The SMILES string of the molecule is COc1cc2c(cc1OC)C(COc1ccc(F)cc1)N(C(=S)Nc1ccccc1Cl)CC2. The van der Waals surface area contributed by atoms with Crippen molar-refractivity contribution >= 4 is 34.6 Å². The Kier molecular flexibility index (Phi) is 7.20. The first kappa shape index (κ1) is 23.1. The van der Waals surface area contributed by atoms with Crippen molar-refractivity contribution in [3.8, 4) is 17.2 Å². The molecule has 0 aliphatic carbocycles. The zero-order chi connectivity index (χ0) is 23.4. The average Bonchev–Trinajstić information content (AvgIpc) is 2.83. The van der Waals surface area contributed by atoms with Crippen molar-refractivity contribution < 1.29 is 18.6 Å². The van der Waals surface area contributed by atoms with Crippen LogP contribution in [0.5, 0.6) is 17.2 Å². The van der Waals surface area contributed by atoms with E-state index in [0.717, 1.165) is 23.2 Å². The minimum Gasteiger partial charge on any atom is -0.493 e. The van der Waals surface area contributed by atoms with Crippen molar-refractivity contribution in [2.45, 2.75) is 12.5 Å². The summed E-state index contributed by atoms with van der Waals surface area (Å²) in [5, 5.41) is 4.39. The summed E-state index contributed by atoms with van der Waals surface area (Å²) in [5.41, 5.74) is 2.90. The Bertz CT molecular complexity index is 1140. The molecule has 0 amide bonds. The molecule has 3 aromatic carbocycles. The fourth-order valence-corrected chi connectivity index (χ4v) is 4.42. The summed E-state index contributed by atoms with van der Waals surface area (Å²) in [7, 11) is 3.23. The molecule has 0 saturated carbocycles. The van der Waals surface area contributed by atoms with Crippen molar-refractivity contribution in [1.29, 1.82) is 0 Å². The van der Waals surface area contributed by atoms with Crippen LogP contribution in [0.25, 0.3) is 0 Å². The highest BCUT2D eigenvalue weighted by molar-refractivity contribution is 7.80. The zero-order valence-electron chi connectivity index (χ0n) is 18.3. The van der Waals surface area contributed by atoms with Gasteiger partial charge in [0, 0.05) is 6.54 Å². The van der Waals surface area contributed by atoms with E-state index in [1.54, 1.807) is 26.4 Å². The van der Waals surface area contributed by atoms with Crippen LogP contribution in [-0.2, 0) is 6.42 Å². The molecule has 1 N–H and O–H groups in total. The molecule has 1 aliphatic rings. The highest BCUT2D eigenvalue weighted by Gasteiger charge is 2.31. The van der Waals surface area contributed by atoms with Gasteiger partial charge in [-0.15, -0.1) is 0 Å². The number of rotatable bonds is 6. The third kappa shape index (κ3) is 5.15. The van der Waals surface area contributed by atoms with Crippen molar-refractivity contribution in [3.63, 3.8) is 0 Å². The number of fused-ring (bicyclic) bond motifs is 1. The maximum atomic E-state index is 13.3. The van der Waals surface area contributed by atoms with E-state index in [1.807, 2.05) is 36.4 Å². The van der Waals surface area contributed by atoms with Gasteiger partial charge in [-0.05, 0) is 78.3 Å². The molecule has 0 saturated heterocycles. The second-order valence-electron chi connectivity index (χ2n) is 7.54. The summed E-state index contributed by atoms with van der Waals surface area (Å²) < 4.78 is 30.4. The average molecular weight is 487 g/mol. The third-order valence-electron chi connectivity index (χ3n) is 5.60. The molecule has 172 valence electrons. The van der Waals surface area contributed by atoms with Crippen LogP contribution in [-0.4, -0.2) is 37.4 Å². The molecule has 0 fully saturated rings. The second-order valence-corrected chi connectivity index (χ2v) is 8.33. The first-order chi connectivity index (χ1) is 16.0. The normalized spacial score (nSPS) is 14.9. The summed E-state index contributed by atoms with van der Waals surface area (Å²) >= 11 is 12.1. The Labute approximate surface area is 203 Å².